The second-order valence-electron chi connectivity index (χ2n) is 11.2. The zero-order chi connectivity index (χ0) is 35.9. The molecule has 14 nitrogen and oxygen atoms in total. The lowest BCUT2D eigenvalue weighted by molar-refractivity contribution is -0.138. The number of carboxylic acid groups (broad SMARTS) is 1. The van der Waals surface area contributed by atoms with Gasteiger partial charge >= 0.3 is 19.6 Å². The molecule has 16 heteroatoms. The molecule has 0 bridgehead atoms. The Kier molecular flexibility index (Phi) is 12.0. The van der Waals surface area contributed by atoms with Gasteiger partial charge in [0.1, 0.15) is 30.6 Å². The van der Waals surface area contributed by atoms with Crippen molar-refractivity contribution in [1.29, 1.82) is 0 Å². The molecule has 0 saturated heterocycles. The van der Waals surface area contributed by atoms with E-state index in [1.54, 1.807) is 49.7 Å². The van der Waals surface area contributed by atoms with Gasteiger partial charge in [-0.2, -0.15) is 0 Å². The van der Waals surface area contributed by atoms with Gasteiger partial charge < -0.3 is 39.2 Å². The molecule has 1 aromatic heterocycles. The number of benzene rings is 2. The van der Waals surface area contributed by atoms with Crippen LogP contribution in [0.5, 0.6) is 5.75 Å². The van der Waals surface area contributed by atoms with Crippen molar-refractivity contribution in [3.05, 3.63) is 82.4 Å². The van der Waals surface area contributed by atoms with Crippen LogP contribution in [0, 0.1) is 12.7 Å². The number of nitrogens with one attached hydrogen (secondary N) is 3. The van der Waals surface area contributed by atoms with E-state index in [-0.39, 0.29) is 49.2 Å². The minimum atomic E-state index is -3.68. The van der Waals surface area contributed by atoms with Crippen LogP contribution < -0.4 is 20.2 Å². The largest absolute Gasteiger partial charge is 0.480 e. The van der Waals surface area contributed by atoms with Crippen LogP contribution in [0.2, 0.25) is 0 Å². The van der Waals surface area contributed by atoms with Gasteiger partial charge in [-0.25, -0.2) is 14.3 Å². The maximum Gasteiger partial charge on any atom is 0.410 e. The highest BCUT2D eigenvalue weighted by atomic mass is 31.2. The van der Waals surface area contributed by atoms with Crippen molar-refractivity contribution in [1.82, 2.24) is 19.9 Å². The maximum absolute atomic E-state index is 13.9. The third kappa shape index (κ3) is 9.13. The summed E-state index contributed by atoms with van der Waals surface area (Å²) in [5.74, 6) is -2.19. The molecule has 2 atom stereocenters. The van der Waals surface area contributed by atoms with E-state index in [0.29, 0.717) is 40.3 Å². The number of nitrogens with zero attached hydrogens (tertiary/aromatic N) is 2. The summed E-state index contributed by atoms with van der Waals surface area (Å²) in [5.41, 5.74) is 3.48. The van der Waals surface area contributed by atoms with E-state index in [1.807, 2.05) is 0 Å². The van der Waals surface area contributed by atoms with Gasteiger partial charge in [0.25, 0.3) is 11.8 Å². The number of fused-ring (bicyclic) bond motifs is 1. The van der Waals surface area contributed by atoms with Crippen LogP contribution in [-0.2, 0) is 37.3 Å². The molecule has 3 amide bonds. The minimum Gasteiger partial charge on any atom is -0.480 e. The van der Waals surface area contributed by atoms with Crippen LogP contribution in [-0.4, -0.2) is 77.6 Å². The maximum atomic E-state index is 13.9. The van der Waals surface area contributed by atoms with E-state index in [9.17, 15) is 28.1 Å². The van der Waals surface area contributed by atoms with Gasteiger partial charge in [0.2, 0.25) is 0 Å². The molecular formula is C33H39FN5O9P. The summed E-state index contributed by atoms with van der Waals surface area (Å²) in [6.07, 6.45) is 0.671. The number of anilines is 1. The summed E-state index contributed by atoms with van der Waals surface area (Å²) in [4.78, 5) is 51.0. The first kappa shape index (κ1) is 36.8. The van der Waals surface area contributed by atoms with Crippen LogP contribution in [0.15, 0.2) is 48.5 Å². The van der Waals surface area contributed by atoms with E-state index < -0.39 is 31.4 Å². The van der Waals surface area contributed by atoms with Gasteiger partial charge in [-0.1, -0.05) is 12.1 Å². The Morgan fingerprint density at radius 1 is 1.16 bits per heavy atom. The highest BCUT2D eigenvalue weighted by molar-refractivity contribution is 7.57. The molecule has 0 radical (unpaired) electrons. The van der Waals surface area contributed by atoms with E-state index in [1.165, 1.54) is 49.3 Å². The number of carbonyl (C=O) groups is 4. The second-order valence-corrected chi connectivity index (χ2v) is 13.3. The fourth-order valence-electron chi connectivity index (χ4n) is 4.98. The standard InChI is InChI=1S/C33H39FN5O9P/c1-6-39(33(44)47-18-22-7-10-25(11-8-22)48-49(45,19-46-5)37-20(2)32(42)43)14-13-35-30(40)26-16-24(38(4)21(26)3)17-28-27-15-23(34)9-12-29(27)36-31(28)41/h7-12,15-17,20H,6,13-14,18-19H2,1-5H3,(H,35,40)(H,36,41)(H,37,45)(H,42,43)/b28-17-/t20-,49?/m0/s1. The summed E-state index contributed by atoms with van der Waals surface area (Å²) in [5, 5.41) is 17.1. The molecule has 4 N–H and O–H groups in total. The first-order valence-corrected chi connectivity index (χ1v) is 17.1. The van der Waals surface area contributed by atoms with Crippen LogP contribution in [0.4, 0.5) is 14.9 Å². The summed E-state index contributed by atoms with van der Waals surface area (Å²) >= 11 is 0. The summed E-state index contributed by atoms with van der Waals surface area (Å²) in [6.45, 7) is 5.45. The topological polar surface area (TPSA) is 178 Å². The van der Waals surface area contributed by atoms with Crippen LogP contribution >= 0.6 is 7.52 Å². The van der Waals surface area contributed by atoms with Gasteiger partial charge in [-0.15, -0.1) is 0 Å². The summed E-state index contributed by atoms with van der Waals surface area (Å²) in [6, 6.07) is 10.8. The third-order valence-electron chi connectivity index (χ3n) is 7.78. The van der Waals surface area contributed by atoms with Crippen molar-refractivity contribution in [3.8, 4) is 5.75 Å². The highest BCUT2D eigenvalue weighted by Gasteiger charge is 2.30. The lowest BCUT2D eigenvalue weighted by Crippen LogP contribution is -2.38. The van der Waals surface area contributed by atoms with Gasteiger partial charge in [-0.3, -0.25) is 18.9 Å². The molecule has 3 aromatic rings. The Morgan fingerprint density at radius 3 is 2.53 bits per heavy atom. The van der Waals surface area contributed by atoms with Gasteiger partial charge in [0.15, 0.2) is 0 Å². The summed E-state index contributed by atoms with van der Waals surface area (Å²) in [7, 11) is -0.608. The molecule has 4 rings (SSSR count). The van der Waals surface area contributed by atoms with Crippen molar-refractivity contribution in [2.45, 2.75) is 33.4 Å². The summed E-state index contributed by atoms with van der Waals surface area (Å²) < 4.78 is 44.6. The number of likely N-dealkylation sites (N-methyl/N-ethyl adjacent to an activating group) is 1. The van der Waals surface area contributed by atoms with E-state index >= 15 is 0 Å². The van der Waals surface area contributed by atoms with Crippen molar-refractivity contribution in [2.75, 3.05) is 38.4 Å². The molecule has 2 aromatic carbocycles. The molecule has 0 aliphatic carbocycles. The Labute approximate surface area is 282 Å². The lowest BCUT2D eigenvalue weighted by Gasteiger charge is -2.22. The average Bonchev–Trinajstić information content (AvgIpc) is 3.52. The van der Waals surface area contributed by atoms with Crippen molar-refractivity contribution < 1.29 is 47.2 Å². The Hall–Kier alpha value is -4.98. The molecule has 1 aliphatic rings. The van der Waals surface area contributed by atoms with E-state index in [2.05, 4.69) is 15.7 Å². The third-order valence-corrected chi connectivity index (χ3v) is 9.66. The molecule has 2 heterocycles. The highest BCUT2D eigenvalue weighted by Crippen LogP contribution is 2.43. The molecular weight excluding hydrogens is 660 g/mol. The number of halogens is 1. The first-order valence-electron chi connectivity index (χ1n) is 15.3. The zero-order valence-electron chi connectivity index (χ0n) is 27.7. The van der Waals surface area contributed by atoms with Crippen LogP contribution in [0.1, 0.15) is 46.7 Å². The molecule has 0 fully saturated rings. The predicted octanol–water partition coefficient (Wildman–Crippen LogP) is 4.59. The number of rotatable bonds is 15. The Balaban J connectivity index is 1.30. The fraction of sp³-hybridized carbons (Fsp3) is 0.333. The zero-order valence-corrected chi connectivity index (χ0v) is 28.6. The lowest BCUT2D eigenvalue weighted by atomic mass is 10.1. The number of hydrogen-bond donors (Lipinski definition) is 4. The van der Waals surface area contributed by atoms with E-state index in [0.717, 1.165) is 0 Å². The van der Waals surface area contributed by atoms with Gasteiger partial charge in [-0.05, 0) is 68.8 Å². The smallest absolute Gasteiger partial charge is 0.410 e. The second kappa shape index (κ2) is 15.9. The number of methoxy groups -OCH3 is 1. The number of hydrogen-bond acceptors (Lipinski definition) is 8. The average molecular weight is 700 g/mol. The van der Waals surface area contributed by atoms with Gasteiger partial charge in [0, 0.05) is 56.4 Å². The van der Waals surface area contributed by atoms with Crippen LogP contribution in [0.3, 0.4) is 0 Å². The number of carbonyl (C=O) groups excluding carboxylic acids is 3. The normalized spacial score (nSPS) is 14.8. The number of aliphatic carboxylic acids is 1. The minimum absolute atomic E-state index is 0.0668. The predicted molar refractivity (Wildman–Crippen MR) is 180 cm³/mol. The number of amides is 3. The Morgan fingerprint density at radius 2 is 1.88 bits per heavy atom. The quantitative estimate of drug-likeness (QED) is 0.130. The number of ether oxygens (including phenoxy) is 2. The molecule has 1 aliphatic heterocycles. The van der Waals surface area contributed by atoms with Crippen LogP contribution in [0.25, 0.3) is 11.6 Å². The van der Waals surface area contributed by atoms with Gasteiger partial charge in [0.05, 0.1) is 11.1 Å². The SMILES string of the molecule is CCN(CCNC(=O)c1cc(/C=C2\C(=O)Nc3ccc(F)cc32)n(C)c1C)C(=O)OCc1ccc(OP(=O)(COC)N[C@@H](C)C(=O)O)cc1. The first-order chi connectivity index (χ1) is 23.2. The van der Waals surface area contributed by atoms with E-state index in [4.69, 9.17) is 19.1 Å². The molecule has 1 unspecified atom stereocenters. The molecule has 0 saturated carbocycles. The number of aromatic nitrogens is 1. The van der Waals surface area contributed by atoms with Crippen molar-refractivity contribution >= 4 is 48.7 Å². The molecule has 0 spiro atoms. The number of carboxylic acids is 1. The van der Waals surface area contributed by atoms with Crippen molar-refractivity contribution in [2.24, 2.45) is 7.05 Å². The fourth-order valence-corrected chi connectivity index (χ4v) is 6.67. The van der Waals surface area contributed by atoms with Crippen molar-refractivity contribution in [3.63, 3.8) is 0 Å². The molecule has 49 heavy (non-hydrogen) atoms. The monoisotopic (exact) mass is 699 g/mol. The molecule has 262 valence electrons. The Bertz CT molecular complexity index is 1810.